The second-order valence-electron chi connectivity index (χ2n) is 4.81. The van der Waals surface area contributed by atoms with Gasteiger partial charge in [0.15, 0.2) is 5.76 Å². The number of hydrogen-bond donors (Lipinski definition) is 4. The first kappa shape index (κ1) is 16.4. The summed E-state index contributed by atoms with van der Waals surface area (Å²) in [5.74, 6) is -1.51. The highest BCUT2D eigenvalue weighted by molar-refractivity contribution is 5.91. The number of phenols is 2. The van der Waals surface area contributed by atoms with Crippen LogP contribution >= 0.6 is 0 Å². The summed E-state index contributed by atoms with van der Waals surface area (Å²) in [7, 11) is 0. The van der Waals surface area contributed by atoms with E-state index in [-0.39, 0.29) is 41.0 Å². The van der Waals surface area contributed by atoms with Crippen LogP contribution in [0, 0.1) is 0 Å². The summed E-state index contributed by atoms with van der Waals surface area (Å²) in [6.07, 6.45) is 4.56. The average Bonchev–Trinajstić information content (AvgIpc) is 2.52. The summed E-state index contributed by atoms with van der Waals surface area (Å²) < 4.78 is 5.61. The normalized spacial score (nSPS) is 11.6. The van der Waals surface area contributed by atoms with E-state index < -0.39 is 16.9 Å². The standard InChI is InChI=1S/C17H17NO5/c1-3-5-9(4-2)16-15(22)14(21)13-12(20)8-11(19)10(6-7-18)17(13)23-16/h3-5,8,19-20,22H,1-2,6-7,18H2/b9-5+. The smallest absolute Gasteiger partial charge is 0.238 e. The van der Waals surface area contributed by atoms with E-state index in [1.54, 1.807) is 0 Å². The molecule has 0 unspecified atom stereocenters. The fourth-order valence-corrected chi connectivity index (χ4v) is 2.32. The minimum Gasteiger partial charge on any atom is -0.507 e. The van der Waals surface area contributed by atoms with E-state index in [0.717, 1.165) is 6.07 Å². The molecule has 0 fully saturated rings. The van der Waals surface area contributed by atoms with Crippen molar-refractivity contribution in [2.45, 2.75) is 6.42 Å². The maximum absolute atomic E-state index is 12.4. The van der Waals surface area contributed by atoms with Gasteiger partial charge in [0.2, 0.25) is 11.2 Å². The number of rotatable bonds is 5. The molecule has 2 rings (SSSR count). The van der Waals surface area contributed by atoms with Gasteiger partial charge in [0.05, 0.1) is 0 Å². The number of nitrogens with two attached hydrogens (primary N) is 1. The van der Waals surface area contributed by atoms with Crippen molar-refractivity contribution in [1.82, 2.24) is 0 Å². The second-order valence-corrected chi connectivity index (χ2v) is 4.81. The van der Waals surface area contributed by atoms with Crippen molar-refractivity contribution < 1.29 is 19.7 Å². The van der Waals surface area contributed by atoms with Crippen molar-refractivity contribution in [2.24, 2.45) is 5.73 Å². The molecule has 0 bridgehead atoms. The molecular formula is C17H17NO5. The summed E-state index contributed by atoms with van der Waals surface area (Å²) in [5, 5.41) is 29.8. The molecule has 6 heteroatoms. The Bertz CT molecular complexity index is 877. The predicted octanol–water partition coefficient (Wildman–Crippen LogP) is 2.17. The molecule has 0 saturated carbocycles. The molecule has 120 valence electrons. The zero-order chi connectivity index (χ0) is 17.1. The molecule has 0 amide bonds. The third kappa shape index (κ3) is 2.72. The Kier molecular flexibility index (Phi) is 4.57. The van der Waals surface area contributed by atoms with Gasteiger partial charge in [-0.05, 0) is 13.0 Å². The van der Waals surface area contributed by atoms with Crippen LogP contribution in [0.2, 0.25) is 0 Å². The lowest BCUT2D eigenvalue weighted by Gasteiger charge is -2.12. The van der Waals surface area contributed by atoms with E-state index in [9.17, 15) is 20.1 Å². The Labute approximate surface area is 132 Å². The van der Waals surface area contributed by atoms with Gasteiger partial charge in [-0.1, -0.05) is 31.4 Å². The van der Waals surface area contributed by atoms with Crippen LogP contribution in [0.3, 0.4) is 0 Å². The van der Waals surface area contributed by atoms with Crippen molar-refractivity contribution in [1.29, 1.82) is 0 Å². The molecule has 23 heavy (non-hydrogen) atoms. The molecule has 1 aromatic carbocycles. The lowest BCUT2D eigenvalue weighted by atomic mass is 10.0. The molecule has 0 spiro atoms. The number of fused-ring (bicyclic) bond motifs is 1. The molecule has 6 nitrogen and oxygen atoms in total. The Hall–Kier alpha value is -2.99. The van der Waals surface area contributed by atoms with Crippen LogP contribution in [-0.4, -0.2) is 21.9 Å². The molecule has 0 atom stereocenters. The number of hydrogen-bond acceptors (Lipinski definition) is 6. The van der Waals surface area contributed by atoms with Crippen molar-refractivity contribution in [3.63, 3.8) is 0 Å². The van der Waals surface area contributed by atoms with Crippen LogP contribution < -0.4 is 11.2 Å². The molecule has 0 aliphatic rings. The molecule has 1 heterocycles. The first-order valence-electron chi connectivity index (χ1n) is 6.85. The highest BCUT2D eigenvalue weighted by atomic mass is 16.4. The van der Waals surface area contributed by atoms with Crippen LogP contribution in [-0.2, 0) is 6.42 Å². The lowest BCUT2D eigenvalue weighted by Crippen LogP contribution is -2.08. The van der Waals surface area contributed by atoms with Crippen LogP contribution in [0.4, 0.5) is 0 Å². The molecule has 5 N–H and O–H groups in total. The van der Waals surface area contributed by atoms with Gasteiger partial charge in [0.1, 0.15) is 22.5 Å². The first-order valence-corrected chi connectivity index (χ1v) is 6.85. The van der Waals surface area contributed by atoms with Gasteiger partial charge in [0.25, 0.3) is 0 Å². The molecule has 0 aliphatic heterocycles. The van der Waals surface area contributed by atoms with Gasteiger partial charge >= 0.3 is 0 Å². The van der Waals surface area contributed by atoms with Crippen molar-refractivity contribution >= 4 is 16.5 Å². The van der Waals surface area contributed by atoms with Gasteiger partial charge in [-0.15, -0.1) is 0 Å². The summed E-state index contributed by atoms with van der Waals surface area (Å²) >= 11 is 0. The largest absolute Gasteiger partial charge is 0.507 e. The van der Waals surface area contributed by atoms with Crippen LogP contribution in [0.15, 0.2) is 46.7 Å². The summed E-state index contributed by atoms with van der Waals surface area (Å²) in [6.45, 7) is 7.33. The molecule has 0 aliphatic carbocycles. The zero-order valence-corrected chi connectivity index (χ0v) is 12.4. The fourth-order valence-electron chi connectivity index (χ4n) is 2.32. The molecule has 1 aromatic heterocycles. The zero-order valence-electron chi connectivity index (χ0n) is 12.4. The second kappa shape index (κ2) is 6.41. The van der Waals surface area contributed by atoms with Crippen LogP contribution in [0.5, 0.6) is 17.2 Å². The van der Waals surface area contributed by atoms with Crippen molar-refractivity contribution in [3.05, 3.63) is 59.0 Å². The molecule has 0 saturated heterocycles. The van der Waals surface area contributed by atoms with E-state index in [1.165, 1.54) is 18.2 Å². The van der Waals surface area contributed by atoms with E-state index in [4.69, 9.17) is 10.2 Å². The Morgan fingerprint density at radius 3 is 2.52 bits per heavy atom. The maximum atomic E-state index is 12.4. The first-order chi connectivity index (χ1) is 11.0. The van der Waals surface area contributed by atoms with Gasteiger partial charge < -0.3 is 25.5 Å². The fraction of sp³-hybridized carbons (Fsp3) is 0.118. The van der Waals surface area contributed by atoms with E-state index in [1.807, 2.05) is 0 Å². The maximum Gasteiger partial charge on any atom is 0.238 e. The summed E-state index contributed by atoms with van der Waals surface area (Å²) in [4.78, 5) is 12.4. The minimum absolute atomic E-state index is 0.0254. The number of allylic oxidation sites excluding steroid dienone is 4. The minimum atomic E-state index is -0.811. The molecule has 2 aromatic rings. The number of benzene rings is 1. The van der Waals surface area contributed by atoms with Crippen LogP contribution in [0.25, 0.3) is 16.5 Å². The topological polar surface area (TPSA) is 117 Å². The third-order valence-corrected chi connectivity index (χ3v) is 3.38. The van der Waals surface area contributed by atoms with Gasteiger partial charge in [-0.25, -0.2) is 0 Å². The lowest BCUT2D eigenvalue weighted by molar-refractivity contribution is 0.426. The van der Waals surface area contributed by atoms with E-state index in [2.05, 4.69) is 13.2 Å². The number of aromatic hydroxyl groups is 3. The van der Waals surface area contributed by atoms with E-state index >= 15 is 0 Å². The van der Waals surface area contributed by atoms with Gasteiger partial charge in [0, 0.05) is 17.2 Å². The van der Waals surface area contributed by atoms with Crippen molar-refractivity contribution in [2.75, 3.05) is 6.54 Å². The molecule has 0 radical (unpaired) electrons. The molecular weight excluding hydrogens is 298 g/mol. The Morgan fingerprint density at radius 1 is 1.26 bits per heavy atom. The summed E-state index contributed by atoms with van der Waals surface area (Å²) in [5.41, 5.74) is 5.29. The predicted molar refractivity (Wildman–Crippen MR) is 88.6 cm³/mol. The monoisotopic (exact) mass is 315 g/mol. The van der Waals surface area contributed by atoms with E-state index in [0.29, 0.717) is 5.57 Å². The number of phenolic OH excluding ortho intramolecular Hbond substituents is 2. The van der Waals surface area contributed by atoms with Crippen LogP contribution in [0.1, 0.15) is 11.3 Å². The van der Waals surface area contributed by atoms with Gasteiger partial charge in [-0.3, -0.25) is 4.79 Å². The Balaban J connectivity index is 3.00. The quantitative estimate of drug-likeness (QED) is 0.628. The highest BCUT2D eigenvalue weighted by Crippen LogP contribution is 2.37. The Morgan fingerprint density at radius 2 is 1.96 bits per heavy atom. The highest BCUT2D eigenvalue weighted by Gasteiger charge is 2.22. The summed E-state index contributed by atoms with van der Waals surface area (Å²) in [6, 6.07) is 1.03. The van der Waals surface area contributed by atoms with Gasteiger partial charge in [-0.2, -0.15) is 0 Å². The SMILES string of the molecule is C=C/C=C(\C=C)c1oc2c(CCN)c(O)cc(O)c2c(=O)c1O. The van der Waals surface area contributed by atoms with Crippen molar-refractivity contribution in [3.8, 4) is 17.2 Å². The third-order valence-electron chi connectivity index (χ3n) is 3.38. The average molecular weight is 315 g/mol.